The van der Waals surface area contributed by atoms with Gasteiger partial charge in [0.05, 0.1) is 27.3 Å². The number of ether oxygens (including phenoxy) is 2. The highest BCUT2D eigenvalue weighted by atomic mass is 32.2. The van der Waals surface area contributed by atoms with Gasteiger partial charge in [0.15, 0.2) is 10.1 Å². The first-order valence-corrected chi connectivity index (χ1v) is 19.6. The molecule has 0 saturated carbocycles. The second-order valence-corrected chi connectivity index (χ2v) is 16.2. The monoisotopic (exact) mass is 728 g/mol. The van der Waals surface area contributed by atoms with Crippen LogP contribution in [0.15, 0.2) is 83.1 Å². The van der Waals surface area contributed by atoms with Crippen LogP contribution in [0.5, 0.6) is 11.5 Å². The van der Waals surface area contributed by atoms with Crippen molar-refractivity contribution in [1.29, 1.82) is 0 Å². The number of rotatable bonds is 13. The third-order valence-corrected chi connectivity index (χ3v) is 11.8. The summed E-state index contributed by atoms with van der Waals surface area (Å²) in [5, 5.41) is 13.4. The molecule has 272 valence electrons. The van der Waals surface area contributed by atoms with Crippen LogP contribution in [0.2, 0.25) is 0 Å². The zero-order valence-corrected chi connectivity index (χ0v) is 30.8. The third kappa shape index (κ3) is 9.70. The van der Waals surface area contributed by atoms with Gasteiger partial charge in [-0.25, -0.2) is 22.0 Å². The molecule has 2 saturated heterocycles. The Hall–Kier alpha value is -3.80. The number of sulfonamides is 2. The number of hydrogen-bond acceptors (Lipinski definition) is 10. The highest BCUT2D eigenvalue weighted by Gasteiger charge is 2.29. The van der Waals surface area contributed by atoms with Crippen LogP contribution in [-0.2, 0) is 46.2 Å². The van der Waals surface area contributed by atoms with E-state index in [1.165, 1.54) is 16.8 Å². The molecule has 2 aliphatic heterocycles. The van der Waals surface area contributed by atoms with Crippen molar-refractivity contribution >= 4 is 20.0 Å². The van der Waals surface area contributed by atoms with Crippen LogP contribution >= 0.6 is 0 Å². The standard InChI is InChI=1S/C25H32N4O4S.C9H16N4O2S/c1-27-15-4-5-22(27)19-28-16-14-25(26-28)34(30,31)29(17-20-6-10-23(32-2)11-7-20)18-21-8-12-24(33-3)13-9-21;1-12-5-2-3-8(12)7-13-6-4-9(11-13)16(10,14)15/h6-14,16,22H,4-5,15,17-19H2,1-3H3;4,6,8H,2-3,5,7H2,1H3,(H2,10,14,15)/t22-;8-/m11/s1. The number of primary sulfonamides is 1. The number of hydrogen-bond donors (Lipinski definition) is 1. The lowest BCUT2D eigenvalue weighted by Gasteiger charge is -2.22. The van der Waals surface area contributed by atoms with Gasteiger partial charge in [-0.1, -0.05) is 24.3 Å². The molecule has 0 unspecified atom stereocenters. The van der Waals surface area contributed by atoms with E-state index in [9.17, 15) is 16.8 Å². The largest absolute Gasteiger partial charge is 0.497 e. The Morgan fingerprint density at radius 2 is 1.12 bits per heavy atom. The summed E-state index contributed by atoms with van der Waals surface area (Å²) >= 11 is 0. The molecule has 4 heterocycles. The Morgan fingerprint density at radius 1 is 0.700 bits per heavy atom. The molecule has 50 heavy (non-hydrogen) atoms. The molecule has 4 aromatic rings. The average Bonchev–Trinajstić information content (AvgIpc) is 3.92. The maximum absolute atomic E-state index is 13.7. The number of aromatic nitrogens is 4. The van der Waals surface area contributed by atoms with E-state index in [2.05, 4.69) is 34.1 Å². The quantitative estimate of drug-likeness (QED) is 0.217. The summed E-state index contributed by atoms with van der Waals surface area (Å²) in [6.07, 6.45) is 7.99. The van der Waals surface area contributed by atoms with Gasteiger partial charge in [-0.2, -0.15) is 14.5 Å². The van der Waals surface area contributed by atoms with Crippen molar-refractivity contribution in [3.05, 3.63) is 84.2 Å². The molecular weight excluding hydrogens is 681 g/mol. The summed E-state index contributed by atoms with van der Waals surface area (Å²) in [5.41, 5.74) is 1.73. The van der Waals surface area contributed by atoms with E-state index >= 15 is 0 Å². The molecule has 2 fully saturated rings. The maximum Gasteiger partial charge on any atom is 0.262 e. The lowest BCUT2D eigenvalue weighted by molar-refractivity contribution is 0.273. The molecule has 0 aliphatic carbocycles. The SMILES string of the molecule is CN1CCC[C@@H]1Cn1ccc(S(N)(=O)=O)n1.COc1ccc(CN(Cc2ccc(OC)cc2)S(=O)(=O)c2ccn(C[C@H]3CCCN3C)n2)cc1. The zero-order chi connectivity index (χ0) is 35.9. The Morgan fingerprint density at radius 3 is 1.48 bits per heavy atom. The predicted molar refractivity (Wildman–Crippen MR) is 190 cm³/mol. The van der Waals surface area contributed by atoms with Crippen LogP contribution < -0.4 is 14.6 Å². The van der Waals surface area contributed by atoms with Crippen LogP contribution in [0.4, 0.5) is 0 Å². The lowest BCUT2D eigenvalue weighted by atomic mass is 10.2. The molecule has 0 radical (unpaired) electrons. The highest BCUT2D eigenvalue weighted by molar-refractivity contribution is 7.89. The van der Waals surface area contributed by atoms with Crippen LogP contribution in [0.1, 0.15) is 36.8 Å². The molecule has 2 aliphatic rings. The maximum atomic E-state index is 13.7. The summed E-state index contributed by atoms with van der Waals surface area (Å²) < 4.78 is 64.8. The van der Waals surface area contributed by atoms with E-state index < -0.39 is 20.0 Å². The van der Waals surface area contributed by atoms with Crippen molar-refractivity contribution in [1.82, 2.24) is 33.7 Å². The van der Waals surface area contributed by atoms with Crippen molar-refractivity contribution in [3.63, 3.8) is 0 Å². The van der Waals surface area contributed by atoms with E-state index in [1.54, 1.807) is 42.0 Å². The van der Waals surface area contributed by atoms with E-state index in [4.69, 9.17) is 14.6 Å². The number of likely N-dealkylation sites (tertiary alicyclic amines) is 2. The summed E-state index contributed by atoms with van der Waals surface area (Å²) in [6, 6.07) is 18.7. The van der Waals surface area contributed by atoms with Crippen molar-refractivity contribution in [2.24, 2.45) is 5.14 Å². The second-order valence-electron chi connectivity index (χ2n) is 12.8. The van der Waals surface area contributed by atoms with Gasteiger partial charge >= 0.3 is 0 Å². The predicted octanol–water partition coefficient (Wildman–Crippen LogP) is 3.01. The molecule has 2 atom stereocenters. The number of methoxy groups -OCH3 is 2. The molecule has 0 amide bonds. The van der Waals surface area contributed by atoms with Gasteiger partial charge in [-0.15, -0.1) is 0 Å². The van der Waals surface area contributed by atoms with Gasteiger partial charge < -0.3 is 19.3 Å². The smallest absolute Gasteiger partial charge is 0.262 e. The van der Waals surface area contributed by atoms with E-state index in [-0.39, 0.29) is 23.1 Å². The number of benzene rings is 2. The van der Waals surface area contributed by atoms with Crippen LogP contribution in [0, 0.1) is 0 Å². The zero-order valence-electron chi connectivity index (χ0n) is 29.1. The first-order chi connectivity index (χ1) is 23.8. The van der Waals surface area contributed by atoms with E-state index in [1.807, 2.05) is 48.5 Å². The van der Waals surface area contributed by atoms with Crippen LogP contribution in [0.25, 0.3) is 0 Å². The van der Waals surface area contributed by atoms with Gasteiger partial charge in [0.2, 0.25) is 0 Å². The first kappa shape index (κ1) is 37.5. The van der Waals surface area contributed by atoms with Crippen LogP contribution in [0.3, 0.4) is 0 Å². The van der Waals surface area contributed by atoms with Gasteiger partial charge in [0.25, 0.3) is 20.0 Å². The summed E-state index contributed by atoms with van der Waals surface area (Å²) in [6.45, 7) is 3.99. The molecular formula is C34H48N8O6S2. The molecule has 2 N–H and O–H groups in total. The van der Waals surface area contributed by atoms with Crippen LogP contribution in [-0.4, -0.2) is 104 Å². The van der Waals surface area contributed by atoms with Crippen molar-refractivity contribution < 1.29 is 26.3 Å². The van der Waals surface area contributed by atoms with E-state index in [0.29, 0.717) is 25.2 Å². The van der Waals surface area contributed by atoms with Gasteiger partial charge in [-0.05, 0) is 100 Å². The Bertz CT molecular complexity index is 1850. The molecule has 14 nitrogen and oxygen atoms in total. The lowest BCUT2D eigenvalue weighted by Crippen LogP contribution is -2.31. The minimum atomic E-state index is -3.83. The first-order valence-electron chi connectivity index (χ1n) is 16.6. The minimum absolute atomic E-state index is 0.0619. The van der Waals surface area contributed by atoms with Gasteiger partial charge in [0.1, 0.15) is 11.5 Å². The Labute approximate surface area is 295 Å². The fourth-order valence-electron chi connectivity index (χ4n) is 6.26. The third-order valence-electron chi connectivity index (χ3n) is 9.30. The Kier molecular flexibility index (Phi) is 12.3. The van der Waals surface area contributed by atoms with Crippen molar-refractivity contribution in [2.45, 2.75) is 74.0 Å². The van der Waals surface area contributed by atoms with Crippen molar-refractivity contribution in [3.8, 4) is 11.5 Å². The highest BCUT2D eigenvalue weighted by Crippen LogP contribution is 2.24. The Balaban J connectivity index is 0.000000253. The fraction of sp³-hybridized carbons (Fsp3) is 0.471. The molecule has 16 heteroatoms. The molecule has 2 aromatic heterocycles. The van der Waals surface area contributed by atoms with E-state index in [0.717, 1.165) is 55.0 Å². The number of likely N-dealkylation sites (N-methyl/N-ethyl adjacent to an activating group) is 2. The average molecular weight is 729 g/mol. The number of nitrogens with two attached hydrogens (primary N) is 1. The molecule has 0 bridgehead atoms. The fourth-order valence-corrected chi connectivity index (χ4v) is 8.07. The topological polar surface area (TPSA) is 158 Å². The van der Waals surface area contributed by atoms with Gasteiger partial charge in [0, 0.05) is 37.6 Å². The number of nitrogens with zero attached hydrogens (tertiary/aromatic N) is 7. The molecule has 2 aromatic carbocycles. The molecule has 0 spiro atoms. The second kappa shape index (κ2) is 16.5. The summed E-state index contributed by atoms with van der Waals surface area (Å²) in [5.74, 6) is 1.45. The van der Waals surface area contributed by atoms with Gasteiger partial charge in [-0.3, -0.25) is 9.36 Å². The normalized spacial score (nSPS) is 18.7. The molecule has 6 rings (SSSR count). The summed E-state index contributed by atoms with van der Waals surface area (Å²) in [4.78, 5) is 4.56. The summed E-state index contributed by atoms with van der Waals surface area (Å²) in [7, 11) is -0.119. The van der Waals surface area contributed by atoms with Crippen molar-refractivity contribution in [2.75, 3.05) is 41.4 Å². The minimum Gasteiger partial charge on any atom is -0.497 e.